The van der Waals surface area contributed by atoms with Crippen LogP contribution in [0, 0.1) is 0 Å². The normalized spacial score (nSPS) is 15.5. The molecule has 0 spiro atoms. The lowest BCUT2D eigenvalue weighted by Gasteiger charge is -2.39. The molecule has 0 heterocycles. The largest absolute Gasteiger partial charge is 0.502 e. The molecule has 19 heavy (non-hydrogen) atoms. The summed E-state index contributed by atoms with van der Waals surface area (Å²) in [6.07, 6.45) is 1.93. The lowest BCUT2D eigenvalue weighted by atomic mass is 10.1. The van der Waals surface area contributed by atoms with Crippen molar-refractivity contribution in [3.63, 3.8) is 0 Å². The smallest absolute Gasteiger partial charge is 0.374 e. The maximum atomic E-state index is 6.33. The van der Waals surface area contributed by atoms with Gasteiger partial charge >= 0.3 is 8.80 Å². The van der Waals surface area contributed by atoms with Crippen molar-refractivity contribution >= 4 is 8.80 Å². The van der Waals surface area contributed by atoms with Gasteiger partial charge in [0.15, 0.2) is 0 Å². The van der Waals surface area contributed by atoms with Gasteiger partial charge in [0.25, 0.3) is 0 Å². The van der Waals surface area contributed by atoms with E-state index in [-0.39, 0.29) is 0 Å². The molecule has 0 aromatic rings. The van der Waals surface area contributed by atoms with Gasteiger partial charge in [-0.2, -0.15) is 0 Å². The van der Waals surface area contributed by atoms with E-state index >= 15 is 0 Å². The minimum absolute atomic E-state index is 0.430. The second-order valence-corrected chi connectivity index (χ2v) is 7.56. The molecule has 116 valence electrons. The van der Waals surface area contributed by atoms with Crippen LogP contribution in [0.15, 0.2) is 0 Å². The average molecular weight is 292 g/mol. The van der Waals surface area contributed by atoms with Crippen molar-refractivity contribution in [1.82, 2.24) is 5.32 Å². The summed E-state index contributed by atoms with van der Waals surface area (Å²) >= 11 is 0. The Morgan fingerprint density at radius 2 is 1.68 bits per heavy atom. The van der Waals surface area contributed by atoms with Crippen LogP contribution in [0.1, 0.15) is 47.5 Å². The van der Waals surface area contributed by atoms with Gasteiger partial charge in [-0.25, -0.2) is 0 Å². The van der Waals surface area contributed by atoms with Crippen LogP contribution in [0.4, 0.5) is 0 Å². The van der Waals surface area contributed by atoms with Gasteiger partial charge in [0, 0.05) is 32.3 Å². The van der Waals surface area contributed by atoms with Gasteiger partial charge in [0.1, 0.15) is 5.72 Å². The molecule has 0 fully saturated rings. The first-order valence-electron chi connectivity index (χ1n) is 7.44. The molecule has 0 aromatic carbocycles. The van der Waals surface area contributed by atoms with Crippen LogP contribution >= 0.6 is 0 Å². The van der Waals surface area contributed by atoms with E-state index in [9.17, 15) is 0 Å². The third-order valence-corrected chi connectivity index (χ3v) is 6.00. The van der Waals surface area contributed by atoms with Crippen molar-refractivity contribution in [2.75, 3.05) is 26.3 Å². The second-order valence-electron chi connectivity index (χ2n) is 4.70. The molecule has 3 N–H and O–H groups in total. The Kier molecular flexibility index (Phi) is 9.86. The molecule has 5 nitrogen and oxygen atoms in total. The molecule has 0 saturated heterocycles. The predicted molar refractivity (Wildman–Crippen MR) is 80.9 cm³/mol. The molecule has 0 bridgehead atoms. The van der Waals surface area contributed by atoms with Gasteiger partial charge in [0.05, 0.1) is 0 Å². The molecular weight excluding hydrogens is 260 g/mol. The van der Waals surface area contributed by atoms with E-state index in [1.54, 1.807) is 0 Å². The van der Waals surface area contributed by atoms with E-state index in [1.807, 2.05) is 13.8 Å². The van der Waals surface area contributed by atoms with Crippen molar-refractivity contribution in [3.05, 3.63) is 0 Å². The highest BCUT2D eigenvalue weighted by Gasteiger charge is 2.44. The van der Waals surface area contributed by atoms with Crippen molar-refractivity contribution in [1.29, 1.82) is 0 Å². The summed E-state index contributed by atoms with van der Waals surface area (Å²) in [5, 5.41) is 3.38. The fourth-order valence-corrected chi connectivity index (χ4v) is 4.64. The van der Waals surface area contributed by atoms with Gasteiger partial charge in [-0.15, -0.1) is 0 Å². The van der Waals surface area contributed by atoms with Crippen LogP contribution in [0.5, 0.6) is 0 Å². The van der Waals surface area contributed by atoms with Crippen molar-refractivity contribution in [2.45, 2.75) is 59.2 Å². The zero-order valence-electron chi connectivity index (χ0n) is 13.3. The first-order valence-corrected chi connectivity index (χ1v) is 9.37. The van der Waals surface area contributed by atoms with E-state index in [0.717, 1.165) is 25.4 Å². The van der Waals surface area contributed by atoms with Crippen LogP contribution < -0.4 is 11.1 Å². The first kappa shape index (κ1) is 19.0. The van der Waals surface area contributed by atoms with Crippen LogP contribution in [-0.4, -0.2) is 40.8 Å². The Balaban J connectivity index is 4.88. The Hall–Kier alpha value is 0.0169. The van der Waals surface area contributed by atoms with E-state index < -0.39 is 14.5 Å². The minimum atomic E-state index is -2.60. The van der Waals surface area contributed by atoms with Crippen molar-refractivity contribution in [2.24, 2.45) is 5.73 Å². The molecule has 0 aliphatic carbocycles. The quantitative estimate of drug-likeness (QED) is 0.426. The highest BCUT2D eigenvalue weighted by molar-refractivity contribution is 6.60. The maximum Gasteiger partial charge on any atom is 0.502 e. The van der Waals surface area contributed by atoms with E-state index in [0.29, 0.717) is 19.8 Å². The number of rotatable bonds is 12. The van der Waals surface area contributed by atoms with Crippen molar-refractivity contribution < 1.29 is 13.3 Å². The Morgan fingerprint density at radius 3 is 2.05 bits per heavy atom. The number of hydrogen-bond donors (Lipinski definition) is 2. The van der Waals surface area contributed by atoms with E-state index in [4.69, 9.17) is 19.0 Å². The third kappa shape index (κ3) is 6.83. The molecular formula is C13H32N2O3Si. The van der Waals surface area contributed by atoms with Gasteiger partial charge < -0.3 is 19.0 Å². The minimum Gasteiger partial charge on any atom is -0.374 e. The molecule has 1 unspecified atom stereocenters. The second kappa shape index (κ2) is 9.85. The van der Waals surface area contributed by atoms with Gasteiger partial charge in [-0.05, 0) is 27.2 Å². The number of nitrogens with two attached hydrogens (primary N) is 1. The van der Waals surface area contributed by atoms with E-state index in [1.165, 1.54) is 0 Å². The van der Waals surface area contributed by atoms with Crippen molar-refractivity contribution in [3.8, 4) is 0 Å². The highest BCUT2D eigenvalue weighted by atomic mass is 28.4. The SMILES string of the molecule is CCCC(C)(NCCN)O[Si](CC)(OCC)OCC. The van der Waals surface area contributed by atoms with Crippen LogP contribution in [-0.2, 0) is 13.3 Å². The first-order chi connectivity index (χ1) is 9.01. The summed E-state index contributed by atoms with van der Waals surface area (Å²) < 4.78 is 18.1. The fraction of sp³-hybridized carbons (Fsp3) is 1.00. The molecule has 0 aliphatic heterocycles. The summed E-state index contributed by atoms with van der Waals surface area (Å²) in [5.74, 6) is 0. The Bertz CT molecular complexity index is 226. The summed E-state index contributed by atoms with van der Waals surface area (Å²) in [4.78, 5) is 0. The molecule has 0 rings (SSSR count). The van der Waals surface area contributed by atoms with Crippen LogP contribution in [0.25, 0.3) is 0 Å². The molecule has 0 amide bonds. The zero-order chi connectivity index (χ0) is 14.8. The van der Waals surface area contributed by atoms with Crippen LogP contribution in [0.3, 0.4) is 0 Å². The zero-order valence-corrected chi connectivity index (χ0v) is 14.3. The lowest BCUT2D eigenvalue weighted by molar-refractivity contribution is -0.0435. The summed E-state index contributed by atoms with van der Waals surface area (Å²) in [7, 11) is -2.60. The topological polar surface area (TPSA) is 65.7 Å². The molecule has 1 atom stereocenters. The molecule has 6 heteroatoms. The van der Waals surface area contributed by atoms with Crippen LogP contribution in [0.2, 0.25) is 6.04 Å². The maximum absolute atomic E-state index is 6.33. The monoisotopic (exact) mass is 292 g/mol. The summed E-state index contributed by atoms with van der Waals surface area (Å²) in [6.45, 7) is 12.7. The predicted octanol–water partition coefficient (Wildman–Crippen LogP) is 2.10. The highest BCUT2D eigenvalue weighted by Crippen LogP contribution is 2.25. The number of nitrogens with one attached hydrogen (secondary N) is 1. The standard InChI is InChI=1S/C13H32N2O3Si/c1-6-10-13(5,15-12-11-14)18-19(9-4,16-7-2)17-8-3/h15H,6-12,14H2,1-5H3. The molecule has 0 aliphatic rings. The van der Waals surface area contributed by atoms with Gasteiger partial charge in [-0.1, -0.05) is 20.3 Å². The Morgan fingerprint density at radius 1 is 1.11 bits per heavy atom. The third-order valence-electron chi connectivity index (χ3n) is 2.91. The molecule has 0 saturated carbocycles. The summed E-state index contributed by atoms with van der Waals surface area (Å²) in [6, 6.07) is 0.776. The average Bonchev–Trinajstić information content (AvgIpc) is 2.37. The summed E-state index contributed by atoms with van der Waals surface area (Å²) in [5.41, 5.74) is 5.15. The molecule has 0 radical (unpaired) electrons. The Labute approximate surface area is 119 Å². The molecule has 0 aromatic heterocycles. The van der Waals surface area contributed by atoms with E-state index in [2.05, 4.69) is 26.1 Å². The lowest BCUT2D eigenvalue weighted by Crippen LogP contribution is -2.58. The van der Waals surface area contributed by atoms with Gasteiger partial charge in [-0.3, -0.25) is 5.32 Å². The number of hydrogen-bond acceptors (Lipinski definition) is 5. The van der Waals surface area contributed by atoms with Gasteiger partial charge in [0.2, 0.25) is 0 Å². The fourth-order valence-electron chi connectivity index (χ4n) is 2.15.